The lowest BCUT2D eigenvalue weighted by Crippen LogP contribution is -2.47. The van der Waals surface area contributed by atoms with E-state index in [2.05, 4.69) is 92.3 Å². The van der Waals surface area contributed by atoms with Crippen molar-refractivity contribution < 1.29 is 4.57 Å². The van der Waals surface area contributed by atoms with Crippen molar-refractivity contribution in [2.75, 3.05) is 0 Å². The van der Waals surface area contributed by atoms with E-state index in [-0.39, 0.29) is 10.8 Å². The first-order valence-electron chi connectivity index (χ1n) is 14.2. The topological polar surface area (TPSA) is 8.81 Å². The summed E-state index contributed by atoms with van der Waals surface area (Å²) in [6.07, 6.45) is 12.5. The number of benzene rings is 2. The molecule has 0 bridgehead atoms. The molecule has 184 valence electrons. The molecule has 0 amide bonds. The van der Waals surface area contributed by atoms with Crippen molar-refractivity contribution in [3.8, 4) is 11.4 Å². The van der Waals surface area contributed by atoms with E-state index in [4.69, 9.17) is 0 Å². The Morgan fingerprint density at radius 1 is 0.771 bits per heavy atom. The van der Waals surface area contributed by atoms with Gasteiger partial charge in [0.25, 0.3) is 5.82 Å². The van der Waals surface area contributed by atoms with Crippen LogP contribution in [0.5, 0.6) is 0 Å². The molecule has 1 aromatic heterocycles. The Bertz CT molecular complexity index is 1240. The lowest BCUT2D eigenvalue weighted by molar-refractivity contribution is -0.612. The molecule has 2 heterocycles. The minimum Gasteiger partial charge on any atom is -0.196 e. The third kappa shape index (κ3) is 3.24. The van der Waals surface area contributed by atoms with Gasteiger partial charge in [-0.05, 0) is 82.9 Å². The maximum Gasteiger partial charge on any atom is 0.272 e. The molecule has 1 atom stereocenters. The highest BCUT2D eigenvalue weighted by molar-refractivity contribution is 5.55. The van der Waals surface area contributed by atoms with Gasteiger partial charge in [-0.3, -0.25) is 0 Å². The lowest BCUT2D eigenvalue weighted by Gasteiger charge is -2.43. The molecule has 2 heteroatoms. The number of para-hydroxylation sites is 2. The number of nitrogens with zero attached hydrogens (tertiary/aromatic N) is 2. The molecule has 0 N–H and O–H groups in total. The molecule has 2 fully saturated rings. The van der Waals surface area contributed by atoms with Crippen LogP contribution in [0.1, 0.15) is 107 Å². The van der Waals surface area contributed by atoms with Crippen LogP contribution >= 0.6 is 0 Å². The van der Waals surface area contributed by atoms with Gasteiger partial charge < -0.3 is 0 Å². The highest BCUT2D eigenvalue weighted by Crippen LogP contribution is 2.59. The van der Waals surface area contributed by atoms with Crippen LogP contribution in [-0.4, -0.2) is 4.57 Å². The number of fused-ring (bicyclic) bond motifs is 3. The smallest absolute Gasteiger partial charge is 0.196 e. The first-order valence-corrected chi connectivity index (χ1v) is 14.2. The van der Waals surface area contributed by atoms with Crippen molar-refractivity contribution in [3.63, 3.8) is 0 Å². The lowest BCUT2D eigenvalue weighted by atomic mass is 9.57. The van der Waals surface area contributed by atoms with Crippen molar-refractivity contribution in [1.29, 1.82) is 0 Å². The number of hydrogen-bond donors (Lipinski definition) is 0. The Balaban J connectivity index is 1.76. The molecule has 1 unspecified atom stereocenters. The summed E-state index contributed by atoms with van der Waals surface area (Å²) in [5, 5.41) is 0. The molecule has 0 spiro atoms. The van der Waals surface area contributed by atoms with Gasteiger partial charge in [-0.1, -0.05) is 68.5 Å². The summed E-state index contributed by atoms with van der Waals surface area (Å²) in [7, 11) is 0. The van der Waals surface area contributed by atoms with E-state index >= 15 is 0 Å². The molecule has 35 heavy (non-hydrogen) atoms. The van der Waals surface area contributed by atoms with Crippen LogP contribution in [0.2, 0.25) is 0 Å². The van der Waals surface area contributed by atoms with Gasteiger partial charge in [-0.15, -0.1) is 0 Å². The predicted molar refractivity (Wildman–Crippen MR) is 145 cm³/mol. The molecule has 2 aliphatic carbocycles. The van der Waals surface area contributed by atoms with Gasteiger partial charge in [0.15, 0.2) is 5.69 Å². The molecule has 2 aromatic carbocycles. The molecule has 3 aromatic rings. The zero-order valence-electron chi connectivity index (χ0n) is 22.5. The van der Waals surface area contributed by atoms with Crippen LogP contribution in [-0.2, 0) is 10.8 Å². The van der Waals surface area contributed by atoms with Crippen LogP contribution in [0.25, 0.3) is 11.4 Å². The van der Waals surface area contributed by atoms with E-state index in [1.54, 1.807) is 11.3 Å². The van der Waals surface area contributed by atoms with Crippen LogP contribution in [0.4, 0.5) is 0 Å². The molecule has 6 rings (SSSR count). The van der Waals surface area contributed by atoms with Crippen molar-refractivity contribution in [1.82, 2.24) is 4.57 Å². The highest BCUT2D eigenvalue weighted by atomic mass is 15.2. The Hall–Kier alpha value is -2.35. The summed E-state index contributed by atoms with van der Waals surface area (Å²) < 4.78 is 5.40. The van der Waals surface area contributed by atoms with Crippen LogP contribution in [0, 0.1) is 25.7 Å². The summed E-state index contributed by atoms with van der Waals surface area (Å²) >= 11 is 0. The average Bonchev–Trinajstić information content (AvgIpc) is 3.55. The normalized spacial score (nSPS) is 23.0. The monoisotopic (exact) mass is 467 g/mol. The van der Waals surface area contributed by atoms with Crippen molar-refractivity contribution in [2.45, 2.75) is 103 Å². The van der Waals surface area contributed by atoms with Gasteiger partial charge in [0, 0.05) is 12.5 Å². The second kappa shape index (κ2) is 8.36. The van der Waals surface area contributed by atoms with Crippen molar-refractivity contribution >= 4 is 0 Å². The summed E-state index contributed by atoms with van der Waals surface area (Å²) in [6.45, 7) is 11.9. The van der Waals surface area contributed by atoms with Crippen molar-refractivity contribution in [2.24, 2.45) is 11.8 Å². The Morgan fingerprint density at radius 2 is 1.34 bits per heavy atom. The minimum absolute atomic E-state index is 0.0106. The van der Waals surface area contributed by atoms with Gasteiger partial charge >= 0.3 is 0 Å². The van der Waals surface area contributed by atoms with Gasteiger partial charge in [0.2, 0.25) is 0 Å². The SMILES string of the molecule is Cc1ccccc1-n1c(C)c2[n+](c1C(C)(C)C)-c1ccccc1C2(C1CCCCC1)C1CCCC1. The number of rotatable bonds is 3. The second-order valence-corrected chi connectivity index (χ2v) is 12.7. The third-order valence-electron chi connectivity index (χ3n) is 9.58. The predicted octanol–water partition coefficient (Wildman–Crippen LogP) is 8.04. The number of imidazole rings is 1. The van der Waals surface area contributed by atoms with Crippen molar-refractivity contribution in [3.05, 3.63) is 76.9 Å². The standard InChI is InChI=1S/C33H43N2/c1-23-15-9-13-21-28(23)34-24(2)30-33(26-18-10-11-19-26,25-16-7-6-8-17-25)27-20-12-14-22-29(27)35(30)31(34)32(3,4)5/h9,12-15,20-22,25-26H,6-8,10-11,16-19H2,1-5H3/q+1. The average molecular weight is 468 g/mol. The molecule has 3 aliphatic rings. The molecule has 2 nitrogen and oxygen atoms in total. The number of aryl methyl sites for hydroxylation is 1. The summed E-state index contributed by atoms with van der Waals surface area (Å²) in [5.74, 6) is 2.93. The number of aromatic nitrogens is 2. The summed E-state index contributed by atoms with van der Waals surface area (Å²) in [6, 6.07) is 18.5. The van der Waals surface area contributed by atoms with E-state index in [0.717, 1.165) is 11.8 Å². The molecule has 2 saturated carbocycles. The zero-order chi connectivity index (χ0) is 24.4. The summed E-state index contributed by atoms with van der Waals surface area (Å²) in [4.78, 5) is 0. The van der Waals surface area contributed by atoms with Gasteiger partial charge in [-0.25, -0.2) is 0 Å². The fourth-order valence-corrected chi connectivity index (χ4v) is 8.38. The molecular weight excluding hydrogens is 424 g/mol. The Kier molecular flexibility index (Phi) is 5.51. The van der Waals surface area contributed by atoms with E-state index in [9.17, 15) is 0 Å². The van der Waals surface area contributed by atoms with Crippen LogP contribution < -0.4 is 4.57 Å². The fraction of sp³-hybridized carbons (Fsp3) is 0.545. The maximum absolute atomic E-state index is 2.75. The summed E-state index contributed by atoms with van der Waals surface area (Å²) in [5.41, 5.74) is 9.05. The highest BCUT2D eigenvalue weighted by Gasteiger charge is 2.61. The van der Waals surface area contributed by atoms with Crippen LogP contribution in [0.15, 0.2) is 48.5 Å². The van der Waals surface area contributed by atoms with Gasteiger partial charge in [0.05, 0.1) is 10.8 Å². The number of hydrogen-bond acceptors (Lipinski definition) is 0. The first-order chi connectivity index (χ1) is 16.9. The Morgan fingerprint density at radius 3 is 1.97 bits per heavy atom. The Labute approximate surface area is 212 Å². The molecular formula is C33H43N2+. The van der Waals surface area contributed by atoms with E-state index in [1.165, 1.54) is 86.2 Å². The van der Waals surface area contributed by atoms with E-state index < -0.39 is 0 Å². The van der Waals surface area contributed by atoms with Crippen LogP contribution in [0.3, 0.4) is 0 Å². The van der Waals surface area contributed by atoms with Gasteiger partial charge in [-0.2, -0.15) is 9.13 Å². The largest absolute Gasteiger partial charge is 0.272 e. The molecule has 1 aliphatic heterocycles. The quantitative estimate of drug-likeness (QED) is 0.345. The van der Waals surface area contributed by atoms with E-state index in [0.29, 0.717) is 0 Å². The minimum atomic E-state index is 0.0106. The molecule has 0 saturated heterocycles. The van der Waals surface area contributed by atoms with Gasteiger partial charge in [0.1, 0.15) is 17.1 Å². The maximum atomic E-state index is 2.75. The zero-order valence-corrected chi connectivity index (χ0v) is 22.5. The first kappa shape index (κ1) is 23.1. The van der Waals surface area contributed by atoms with E-state index in [1.807, 2.05) is 0 Å². The molecule has 0 radical (unpaired) electrons. The second-order valence-electron chi connectivity index (χ2n) is 12.7. The fourth-order valence-electron chi connectivity index (χ4n) is 8.38. The third-order valence-corrected chi connectivity index (χ3v) is 9.58.